The summed E-state index contributed by atoms with van der Waals surface area (Å²) in [7, 11) is 0. The molecule has 0 aliphatic carbocycles. The SMILES string of the molecule is CC=CC(C)(C)C(CC=C(C)C)C(C)=O. The third-order valence-electron chi connectivity index (χ3n) is 2.75. The lowest BCUT2D eigenvalue weighted by Crippen LogP contribution is -2.27. The molecule has 0 radical (unpaired) electrons. The lowest BCUT2D eigenvalue weighted by atomic mass is 9.74. The predicted molar refractivity (Wildman–Crippen MR) is 66.8 cm³/mol. The first-order chi connectivity index (χ1) is 6.81. The molecule has 1 nitrogen and oxygen atoms in total. The van der Waals surface area contributed by atoms with Crippen LogP contribution in [-0.4, -0.2) is 5.78 Å². The number of ketones is 1. The van der Waals surface area contributed by atoms with Crippen LogP contribution in [0.1, 0.15) is 48.0 Å². The summed E-state index contributed by atoms with van der Waals surface area (Å²) in [5, 5.41) is 0. The van der Waals surface area contributed by atoms with E-state index in [1.54, 1.807) is 6.92 Å². The van der Waals surface area contributed by atoms with Crippen LogP contribution in [0.2, 0.25) is 0 Å². The Bertz CT molecular complexity index is 265. The number of allylic oxidation sites excluding steroid dienone is 4. The Kier molecular flexibility index (Phi) is 5.56. The molecule has 0 N–H and O–H groups in total. The Balaban J connectivity index is 4.81. The van der Waals surface area contributed by atoms with E-state index in [9.17, 15) is 4.79 Å². The first-order valence-corrected chi connectivity index (χ1v) is 5.59. The van der Waals surface area contributed by atoms with Crippen molar-refractivity contribution in [1.29, 1.82) is 0 Å². The van der Waals surface area contributed by atoms with Crippen LogP contribution < -0.4 is 0 Å². The highest BCUT2D eigenvalue weighted by Crippen LogP contribution is 2.32. The number of hydrogen-bond donors (Lipinski definition) is 0. The van der Waals surface area contributed by atoms with E-state index in [1.807, 2.05) is 13.0 Å². The van der Waals surface area contributed by atoms with Gasteiger partial charge in [0, 0.05) is 5.92 Å². The van der Waals surface area contributed by atoms with Crippen LogP contribution in [0.5, 0.6) is 0 Å². The molecule has 0 heterocycles. The highest BCUT2D eigenvalue weighted by Gasteiger charge is 2.29. The van der Waals surface area contributed by atoms with Crippen LogP contribution in [0.25, 0.3) is 0 Å². The summed E-state index contributed by atoms with van der Waals surface area (Å²) in [5.41, 5.74) is 1.23. The minimum atomic E-state index is -0.0491. The van der Waals surface area contributed by atoms with Gasteiger partial charge in [-0.15, -0.1) is 0 Å². The van der Waals surface area contributed by atoms with Crippen molar-refractivity contribution in [3.8, 4) is 0 Å². The van der Waals surface area contributed by atoms with Crippen molar-refractivity contribution < 1.29 is 4.79 Å². The van der Waals surface area contributed by atoms with Gasteiger partial charge in [-0.25, -0.2) is 0 Å². The topological polar surface area (TPSA) is 17.1 Å². The van der Waals surface area contributed by atoms with Gasteiger partial charge in [-0.05, 0) is 39.5 Å². The molecule has 0 saturated heterocycles. The molecule has 0 spiro atoms. The van der Waals surface area contributed by atoms with Gasteiger partial charge in [0.1, 0.15) is 5.78 Å². The summed E-state index contributed by atoms with van der Waals surface area (Å²) >= 11 is 0. The van der Waals surface area contributed by atoms with Crippen molar-refractivity contribution in [1.82, 2.24) is 0 Å². The number of Topliss-reactive ketones (excluding diaryl/α,β-unsaturated/α-hetero) is 1. The zero-order chi connectivity index (χ0) is 12.1. The smallest absolute Gasteiger partial charge is 0.134 e. The van der Waals surface area contributed by atoms with Crippen LogP contribution in [0, 0.1) is 11.3 Å². The molecular weight excluding hydrogens is 184 g/mol. The van der Waals surface area contributed by atoms with Crippen LogP contribution in [-0.2, 0) is 4.79 Å². The van der Waals surface area contributed by atoms with Crippen molar-refractivity contribution >= 4 is 5.78 Å². The molecule has 1 heteroatoms. The maximum Gasteiger partial charge on any atom is 0.134 e. The molecular formula is C14H24O. The van der Waals surface area contributed by atoms with E-state index in [1.165, 1.54) is 5.57 Å². The Labute approximate surface area is 94.3 Å². The Morgan fingerprint density at radius 1 is 1.27 bits per heavy atom. The van der Waals surface area contributed by atoms with E-state index in [-0.39, 0.29) is 17.1 Å². The monoisotopic (exact) mass is 208 g/mol. The van der Waals surface area contributed by atoms with E-state index in [0.29, 0.717) is 0 Å². The van der Waals surface area contributed by atoms with Crippen LogP contribution in [0.4, 0.5) is 0 Å². The van der Waals surface area contributed by atoms with Gasteiger partial charge in [-0.2, -0.15) is 0 Å². The molecule has 0 rings (SSSR count). The number of rotatable bonds is 5. The molecule has 0 fully saturated rings. The molecule has 15 heavy (non-hydrogen) atoms. The maximum absolute atomic E-state index is 11.6. The average Bonchev–Trinajstić information content (AvgIpc) is 2.01. The van der Waals surface area contributed by atoms with E-state index in [4.69, 9.17) is 0 Å². The van der Waals surface area contributed by atoms with Gasteiger partial charge in [-0.1, -0.05) is 37.6 Å². The highest BCUT2D eigenvalue weighted by molar-refractivity contribution is 5.79. The summed E-state index contributed by atoms with van der Waals surface area (Å²) in [6.07, 6.45) is 7.14. The Morgan fingerprint density at radius 2 is 1.80 bits per heavy atom. The zero-order valence-corrected chi connectivity index (χ0v) is 10.9. The largest absolute Gasteiger partial charge is 0.300 e. The van der Waals surface area contributed by atoms with Gasteiger partial charge in [-0.3, -0.25) is 4.79 Å². The second-order valence-electron chi connectivity index (χ2n) is 5.00. The highest BCUT2D eigenvalue weighted by atomic mass is 16.1. The molecule has 0 aromatic carbocycles. The van der Waals surface area contributed by atoms with Crippen LogP contribution in [0.3, 0.4) is 0 Å². The molecule has 0 aromatic rings. The second-order valence-corrected chi connectivity index (χ2v) is 5.00. The van der Waals surface area contributed by atoms with E-state index in [0.717, 1.165) is 6.42 Å². The van der Waals surface area contributed by atoms with Crippen LogP contribution in [0.15, 0.2) is 23.8 Å². The fourth-order valence-electron chi connectivity index (χ4n) is 1.89. The first kappa shape index (κ1) is 14.2. The van der Waals surface area contributed by atoms with Crippen LogP contribution >= 0.6 is 0 Å². The minimum Gasteiger partial charge on any atom is -0.300 e. The normalized spacial score (nSPS) is 14.0. The lowest BCUT2D eigenvalue weighted by molar-refractivity contribution is -0.123. The second kappa shape index (κ2) is 5.89. The van der Waals surface area contributed by atoms with Gasteiger partial charge in [0.25, 0.3) is 0 Å². The maximum atomic E-state index is 11.6. The van der Waals surface area contributed by atoms with Gasteiger partial charge < -0.3 is 0 Å². The van der Waals surface area contributed by atoms with Crippen molar-refractivity contribution in [2.24, 2.45) is 11.3 Å². The third-order valence-corrected chi connectivity index (χ3v) is 2.75. The summed E-state index contributed by atoms with van der Waals surface area (Å²) in [6, 6.07) is 0. The summed E-state index contributed by atoms with van der Waals surface area (Å²) in [6.45, 7) is 12.1. The fraction of sp³-hybridized carbons (Fsp3) is 0.643. The van der Waals surface area contributed by atoms with E-state index in [2.05, 4.69) is 39.8 Å². The number of carbonyl (C=O) groups excluding carboxylic acids is 1. The minimum absolute atomic E-state index is 0.0491. The third kappa shape index (κ3) is 4.96. The lowest BCUT2D eigenvalue weighted by Gasteiger charge is -2.29. The molecule has 0 saturated carbocycles. The van der Waals surface area contributed by atoms with Crippen molar-refractivity contribution in [2.45, 2.75) is 48.0 Å². The molecule has 0 aromatic heterocycles. The Hall–Kier alpha value is -0.850. The molecule has 1 atom stereocenters. The van der Waals surface area contributed by atoms with Gasteiger partial charge in [0.2, 0.25) is 0 Å². The molecule has 86 valence electrons. The molecule has 0 amide bonds. The Morgan fingerprint density at radius 3 is 2.13 bits per heavy atom. The molecule has 0 bridgehead atoms. The van der Waals surface area contributed by atoms with Crippen molar-refractivity contribution in [3.05, 3.63) is 23.8 Å². The zero-order valence-electron chi connectivity index (χ0n) is 10.9. The summed E-state index contributed by atoms with van der Waals surface area (Å²) < 4.78 is 0. The fourth-order valence-corrected chi connectivity index (χ4v) is 1.89. The predicted octanol–water partition coefficient (Wildman–Crippen LogP) is 4.15. The molecule has 1 unspecified atom stereocenters. The average molecular weight is 208 g/mol. The standard InChI is InChI=1S/C14H24O/c1-7-10-14(5,6)13(12(4)15)9-8-11(2)3/h7-8,10,13H,9H2,1-6H3. The first-order valence-electron chi connectivity index (χ1n) is 5.59. The number of hydrogen-bond acceptors (Lipinski definition) is 1. The van der Waals surface area contributed by atoms with E-state index < -0.39 is 0 Å². The van der Waals surface area contributed by atoms with Gasteiger partial charge >= 0.3 is 0 Å². The summed E-state index contributed by atoms with van der Waals surface area (Å²) in [5.74, 6) is 0.360. The quantitative estimate of drug-likeness (QED) is 0.620. The molecule has 0 aliphatic rings. The molecule has 0 aliphatic heterocycles. The number of carbonyl (C=O) groups is 1. The van der Waals surface area contributed by atoms with Crippen molar-refractivity contribution in [3.63, 3.8) is 0 Å². The van der Waals surface area contributed by atoms with E-state index >= 15 is 0 Å². The summed E-state index contributed by atoms with van der Waals surface area (Å²) in [4.78, 5) is 11.6. The van der Waals surface area contributed by atoms with Gasteiger partial charge in [0.15, 0.2) is 0 Å². The van der Waals surface area contributed by atoms with Crippen molar-refractivity contribution in [2.75, 3.05) is 0 Å². The van der Waals surface area contributed by atoms with Gasteiger partial charge in [0.05, 0.1) is 0 Å².